The van der Waals surface area contributed by atoms with E-state index in [2.05, 4.69) is 12.1 Å². The quantitative estimate of drug-likeness (QED) is 0.140. The van der Waals surface area contributed by atoms with Gasteiger partial charge in [-0.2, -0.15) is 5.26 Å². The minimum Gasteiger partial charge on any atom is -0.488 e. The molecule has 8 heteroatoms. The number of aliphatic hydroxyl groups is 1. The van der Waals surface area contributed by atoms with Crippen molar-refractivity contribution in [1.29, 1.82) is 5.26 Å². The third-order valence-corrected chi connectivity index (χ3v) is 9.46. The van der Waals surface area contributed by atoms with Crippen LogP contribution in [0.5, 0.6) is 11.5 Å². The second-order valence-corrected chi connectivity index (χ2v) is 14.7. The van der Waals surface area contributed by atoms with Crippen molar-refractivity contribution in [2.24, 2.45) is 5.92 Å². The van der Waals surface area contributed by atoms with Gasteiger partial charge < -0.3 is 19.3 Å². The zero-order valence-electron chi connectivity index (χ0n) is 29.9. The molecule has 0 aromatic heterocycles. The molecule has 2 aliphatic rings. The van der Waals surface area contributed by atoms with Crippen LogP contribution in [0.4, 0.5) is 4.39 Å². The topological polar surface area (TPSA) is 88.8 Å². The van der Waals surface area contributed by atoms with E-state index in [4.69, 9.17) is 25.8 Å². The highest BCUT2D eigenvalue weighted by Crippen LogP contribution is 2.43. The molecule has 0 heterocycles. The highest BCUT2D eigenvalue weighted by atomic mass is 35.5. The lowest BCUT2D eigenvalue weighted by Crippen LogP contribution is -2.33. The lowest BCUT2D eigenvalue weighted by Gasteiger charge is -2.25. The fraction of sp³-hybridized carbons (Fsp3) is 0.395. The monoisotopic (exact) mass is 711 g/mol. The number of carbonyl (C=O) groups is 1. The molecule has 0 fully saturated rings. The number of nitriles is 1. The van der Waals surface area contributed by atoms with Crippen molar-refractivity contribution >= 4 is 17.6 Å². The standard InChI is InChI=1S/C43H47ClFNO5/c1-28(47)32(42(48)51-43(2,3)4)16-9-8-15-31-24-37(44)41(25-40(31)49-27-30-14-7-5-6-13-29(23-30)26-46)50-39-22-21-34-33(18-12-19-36(34)39)35-17-10-11-20-38(35)45/h6,10-14,17-20,23-25,28,32,39,47H,5,7-9,15-16,21-22,27H2,1-4H3/b13-6+,29-23+,30-14+/t28-,32+,39+/m1/s1. The molecule has 0 bridgehead atoms. The summed E-state index contributed by atoms with van der Waals surface area (Å²) in [5, 5.41) is 20.4. The molecule has 5 rings (SSSR count). The van der Waals surface area contributed by atoms with E-state index >= 15 is 0 Å². The zero-order valence-corrected chi connectivity index (χ0v) is 30.6. The van der Waals surface area contributed by atoms with Crippen molar-refractivity contribution < 1.29 is 28.5 Å². The van der Waals surface area contributed by atoms with Crippen molar-refractivity contribution in [3.8, 4) is 28.7 Å². The van der Waals surface area contributed by atoms with Crippen LogP contribution >= 0.6 is 11.6 Å². The molecule has 0 amide bonds. The molecule has 3 atom stereocenters. The first kappa shape index (κ1) is 37.9. The van der Waals surface area contributed by atoms with Gasteiger partial charge in [0.05, 0.1) is 28.7 Å². The van der Waals surface area contributed by atoms with Gasteiger partial charge in [0.1, 0.15) is 35.6 Å². The van der Waals surface area contributed by atoms with Gasteiger partial charge in [0, 0.05) is 11.6 Å². The molecule has 6 nitrogen and oxygen atoms in total. The van der Waals surface area contributed by atoms with Gasteiger partial charge in [0.25, 0.3) is 0 Å². The van der Waals surface area contributed by atoms with Crippen LogP contribution < -0.4 is 9.47 Å². The fourth-order valence-corrected chi connectivity index (χ4v) is 6.88. The van der Waals surface area contributed by atoms with Crippen molar-refractivity contribution in [1.82, 2.24) is 0 Å². The first-order valence-electron chi connectivity index (χ1n) is 17.8. The van der Waals surface area contributed by atoms with Gasteiger partial charge in [-0.15, -0.1) is 0 Å². The Labute approximate surface area is 306 Å². The molecule has 51 heavy (non-hydrogen) atoms. The number of unbranched alkanes of at least 4 members (excludes halogenated alkanes) is 1. The van der Waals surface area contributed by atoms with Gasteiger partial charge >= 0.3 is 5.97 Å². The van der Waals surface area contributed by atoms with Gasteiger partial charge in [-0.05, 0) is 125 Å². The zero-order chi connectivity index (χ0) is 36.5. The number of allylic oxidation sites excluding steroid dienone is 4. The Morgan fingerprint density at radius 1 is 1.08 bits per heavy atom. The highest BCUT2D eigenvalue weighted by molar-refractivity contribution is 6.32. The molecular formula is C43H47ClFNO5. The van der Waals surface area contributed by atoms with E-state index in [1.807, 2.05) is 75.4 Å². The van der Waals surface area contributed by atoms with Crippen LogP contribution in [0.2, 0.25) is 5.02 Å². The Bertz CT molecular complexity index is 1850. The van der Waals surface area contributed by atoms with Crippen LogP contribution in [0, 0.1) is 23.1 Å². The Morgan fingerprint density at radius 3 is 2.61 bits per heavy atom. The molecule has 0 radical (unpaired) electrons. The Morgan fingerprint density at radius 2 is 1.86 bits per heavy atom. The average Bonchev–Trinajstić information content (AvgIpc) is 3.48. The molecule has 0 unspecified atom stereocenters. The van der Waals surface area contributed by atoms with Gasteiger partial charge in [-0.25, -0.2) is 4.39 Å². The average molecular weight is 712 g/mol. The maximum absolute atomic E-state index is 14.8. The van der Waals surface area contributed by atoms with E-state index in [1.165, 1.54) is 6.07 Å². The lowest BCUT2D eigenvalue weighted by atomic mass is 9.95. The number of halogens is 2. The molecule has 3 aromatic carbocycles. The number of aryl methyl sites for hydroxylation is 1. The van der Waals surface area contributed by atoms with E-state index in [0.29, 0.717) is 46.9 Å². The molecule has 2 aliphatic carbocycles. The number of nitrogens with zero attached hydrogens (tertiary/aromatic N) is 1. The van der Waals surface area contributed by atoms with E-state index in [1.54, 1.807) is 19.1 Å². The molecule has 0 saturated carbocycles. The normalized spacial score (nSPS) is 19.5. The summed E-state index contributed by atoms with van der Waals surface area (Å²) in [6.45, 7) is 7.33. The van der Waals surface area contributed by atoms with Crippen molar-refractivity contribution in [2.75, 3.05) is 6.61 Å². The summed E-state index contributed by atoms with van der Waals surface area (Å²) < 4.78 is 33.4. The number of fused-ring (bicyclic) bond motifs is 1. The minimum atomic E-state index is -0.827. The first-order valence-corrected chi connectivity index (χ1v) is 18.2. The Hall–Kier alpha value is -4.38. The Balaban J connectivity index is 1.37. The molecule has 1 N–H and O–H groups in total. The second-order valence-electron chi connectivity index (χ2n) is 14.3. The van der Waals surface area contributed by atoms with Crippen LogP contribution in [0.1, 0.15) is 89.0 Å². The SMILES string of the molecule is C[C@@H](O)[C@H](CCCCc1cc(Cl)c(O[C@H]2CCc3c(-c4ccccc4F)cccc32)cc1OCC1=C/CC/C=C/C(C#N)=C\1)C(=O)OC(C)(C)C. The van der Waals surface area contributed by atoms with Crippen LogP contribution in [0.15, 0.2) is 90.0 Å². The summed E-state index contributed by atoms with van der Waals surface area (Å²) in [4.78, 5) is 12.8. The number of ether oxygens (including phenoxy) is 3. The number of aliphatic hydroxyl groups excluding tert-OH is 1. The number of carbonyl (C=O) groups excluding carboxylic acids is 1. The molecule has 0 spiro atoms. The maximum Gasteiger partial charge on any atom is 0.312 e. The molecule has 3 aromatic rings. The maximum atomic E-state index is 14.8. The number of rotatable bonds is 13. The molecule has 268 valence electrons. The lowest BCUT2D eigenvalue weighted by molar-refractivity contribution is -0.164. The second kappa shape index (κ2) is 17.2. The molecule has 0 saturated heterocycles. The minimum absolute atomic E-state index is 0.255. The summed E-state index contributed by atoms with van der Waals surface area (Å²) in [6, 6.07) is 18.7. The summed E-state index contributed by atoms with van der Waals surface area (Å²) in [5.74, 6) is -0.153. The van der Waals surface area contributed by atoms with Gasteiger partial charge in [0.2, 0.25) is 0 Å². The summed E-state index contributed by atoms with van der Waals surface area (Å²) in [5.41, 5.74) is 5.26. The number of esters is 1. The predicted molar refractivity (Wildman–Crippen MR) is 199 cm³/mol. The largest absolute Gasteiger partial charge is 0.488 e. The van der Waals surface area contributed by atoms with E-state index in [-0.39, 0.29) is 18.5 Å². The van der Waals surface area contributed by atoms with E-state index in [0.717, 1.165) is 59.9 Å². The number of hydrogen-bond donors (Lipinski definition) is 1. The first-order chi connectivity index (χ1) is 24.4. The van der Waals surface area contributed by atoms with Gasteiger partial charge in [-0.3, -0.25) is 4.79 Å². The Kier molecular flexibility index (Phi) is 12.8. The van der Waals surface area contributed by atoms with Crippen LogP contribution in [-0.4, -0.2) is 29.4 Å². The smallest absolute Gasteiger partial charge is 0.312 e. The van der Waals surface area contributed by atoms with Crippen LogP contribution in [0.25, 0.3) is 11.1 Å². The predicted octanol–water partition coefficient (Wildman–Crippen LogP) is 10.4. The number of benzene rings is 3. The van der Waals surface area contributed by atoms with Crippen molar-refractivity contribution in [2.45, 2.75) is 96.9 Å². The van der Waals surface area contributed by atoms with Crippen molar-refractivity contribution in [3.05, 3.63) is 118 Å². The van der Waals surface area contributed by atoms with Crippen LogP contribution in [-0.2, 0) is 22.4 Å². The van der Waals surface area contributed by atoms with Gasteiger partial charge in [0.15, 0.2) is 0 Å². The van der Waals surface area contributed by atoms with E-state index in [9.17, 15) is 19.6 Å². The summed E-state index contributed by atoms with van der Waals surface area (Å²) in [7, 11) is 0. The summed E-state index contributed by atoms with van der Waals surface area (Å²) in [6.07, 6.45) is 12.3. The number of hydrogen-bond acceptors (Lipinski definition) is 6. The van der Waals surface area contributed by atoms with Crippen LogP contribution in [0.3, 0.4) is 0 Å². The summed E-state index contributed by atoms with van der Waals surface area (Å²) >= 11 is 6.90. The third kappa shape index (κ3) is 10.1. The highest BCUT2D eigenvalue weighted by Gasteiger charge is 2.30. The third-order valence-electron chi connectivity index (χ3n) is 9.17. The fourth-order valence-electron chi connectivity index (χ4n) is 6.65. The van der Waals surface area contributed by atoms with Gasteiger partial charge in [-0.1, -0.05) is 66.6 Å². The van der Waals surface area contributed by atoms with Crippen molar-refractivity contribution in [3.63, 3.8) is 0 Å². The molecular weight excluding hydrogens is 665 g/mol. The molecule has 0 aliphatic heterocycles. The van der Waals surface area contributed by atoms with E-state index < -0.39 is 23.6 Å².